The molecule has 0 bridgehead atoms. The highest BCUT2D eigenvalue weighted by molar-refractivity contribution is 6.03. The first-order chi connectivity index (χ1) is 23.2. The number of benzene rings is 3. The summed E-state index contributed by atoms with van der Waals surface area (Å²) in [6, 6.07) is 16.7. The van der Waals surface area contributed by atoms with Gasteiger partial charge in [-0.2, -0.15) is 13.2 Å². The molecule has 8 nitrogen and oxygen atoms in total. The smallest absolute Gasteiger partial charge is 0.416 e. The Balaban J connectivity index is 1.13. The number of amides is 1. The molecule has 1 N–H and O–H groups in total. The third-order valence-corrected chi connectivity index (χ3v) is 8.01. The van der Waals surface area contributed by atoms with Gasteiger partial charge in [0, 0.05) is 42.1 Å². The van der Waals surface area contributed by atoms with Crippen LogP contribution >= 0.6 is 0 Å². The predicted molar refractivity (Wildman–Crippen MR) is 173 cm³/mol. The molecule has 248 valence electrons. The zero-order valence-corrected chi connectivity index (χ0v) is 26.0. The molecule has 0 aliphatic carbocycles. The van der Waals surface area contributed by atoms with E-state index in [4.69, 9.17) is 14.2 Å². The van der Waals surface area contributed by atoms with Crippen molar-refractivity contribution in [1.82, 2.24) is 14.9 Å². The number of nitrogens with zero attached hydrogens (tertiary/aromatic N) is 3. The van der Waals surface area contributed by atoms with Crippen molar-refractivity contribution in [3.8, 4) is 34.1 Å². The van der Waals surface area contributed by atoms with Crippen LogP contribution in [0.2, 0.25) is 0 Å². The zero-order chi connectivity index (χ0) is 33.7. The van der Waals surface area contributed by atoms with Crippen LogP contribution in [0.25, 0.3) is 22.0 Å². The number of carbonyl (C=O) groups excluding carboxylic acids is 1. The minimum atomic E-state index is -4.46. The van der Waals surface area contributed by atoms with Crippen molar-refractivity contribution in [2.75, 3.05) is 38.7 Å². The number of pyridine rings is 2. The molecule has 1 fully saturated rings. The summed E-state index contributed by atoms with van der Waals surface area (Å²) in [5, 5.41) is 3.19. The highest BCUT2D eigenvalue weighted by Crippen LogP contribution is 2.38. The van der Waals surface area contributed by atoms with E-state index in [1.165, 1.54) is 49.4 Å². The number of methoxy groups -OCH3 is 1. The van der Waals surface area contributed by atoms with E-state index in [1.54, 1.807) is 37.6 Å². The van der Waals surface area contributed by atoms with Crippen molar-refractivity contribution < 1.29 is 36.6 Å². The highest BCUT2D eigenvalue weighted by atomic mass is 19.4. The van der Waals surface area contributed by atoms with Gasteiger partial charge >= 0.3 is 6.18 Å². The maximum absolute atomic E-state index is 15.2. The molecule has 1 amide bonds. The molecule has 3 aromatic carbocycles. The molecular formula is C36H32F4N4O4. The fourth-order valence-corrected chi connectivity index (χ4v) is 5.53. The van der Waals surface area contributed by atoms with Gasteiger partial charge in [-0.1, -0.05) is 12.1 Å². The number of hydrogen-bond acceptors (Lipinski definition) is 7. The summed E-state index contributed by atoms with van der Waals surface area (Å²) in [6.07, 6.45) is 1.85. The minimum absolute atomic E-state index is 0.000255. The van der Waals surface area contributed by atoms with Gasteiger partial charge in [0.15, 0.2) is 23.1 Å². The zero-order valence-electron chi connectivity index (χ0n) is 26.0. The van der Waals surface area contributed by atoms with E-state index in [1.807, 2.05) is 0 Å². The molecule has 0 unspecified atom stereocenters. The van der Waals surface area contributed by atoms with Crippen LogP contribution in [0, 0.1) is 5.82 Å². The molecule has 3 heterocycles. The first kappa shape index (κ1) is 32.7. The van der Waals surface area contributed by atoms with Crippen molar-refractivity contribution in [1.29, 1.82) is 0 Å². The van der Waals surface area contributed by atoms with Gasteiger partial charge in [0.05, 0.1) is 24.8 Å². The van der Waals surface area contributed by atoms with Crippen LogP contribution in [-0.4, -0.2) is 54.1 Å². The second kappa shape index (κ2) is 14.3. The summed E-state index contributed by atoms with van der Waals surface area (Å²) in [5.41, 5.74) is 0.932. The van der Waals surface area contributed by atoms with Gasteiger partial charge in [0.1, 0.15) is 11.4 Å². The van der Waals surface area contributed by atoms with E-state index in [2.05, 4.69) is 20.2 Å². The molecule has 0 spiro atoms. The van der Waals surface area contributed by atoms with Crippen molar-refractivity contribution in [3.05, 3.63) is 102 Å². The normalized spacial score (nSPS) is 13.4. The fraction of sp³-hybridized carbons (Fsp3) is 0.250. The molecule has 48 heavy (non-hydrogen) atoms. The monoisotopic (exact) mass is 660 g/mol. The lowest BCUT2D eigenvalue weighted by molar-refractivity contribution is -0.137. The molecule has 0 atom stereocenters. The fourth-order valence-electron chi connectivity index (χ4n) is 5.53. The summed E-state index contributed by atoms with van der Waals surface area (Å²) in [7, 11) is 1.54. The number of likely N-dealkylation sites (tertiary alicyclic amines) is 1. The van der Waals surface area contributed by atoms with Crippen LogP contribution in [0.15, 0.2) is 85.2 Å². The van der Waals surface area contributed by atoms with Gasteiger partial charge in [-0.3, -0.25) is 14.8 Å². The number of hydrogen-bond donors (Lipinski definition) is 1. The average molecular weight is 661 g/mol. The van der Waals surface area contributed by atoms with E-state index >= 15 is 4.39 Å². The van der Waals surface area contributed by atoms with Gasteiger partial charge in [0.25, 0.3) is 5.91 Å². The Hall–Kier alpha value is -5.23. The number of rotatable bonds is 11. The van der Waals surface area contributed by atoms with Crippen molar-refractivity contribution in [2.45, 2.75) is 25.4 Å². The Bertz CT molecular complexity index is 1910. The van der Waals surface area contributed by atoms with Gasteiger partial charge < -0.3 is 24.4 Å². The van der Waals surface area contributed by atoms with Gasteiger partial charge in [-0.25, -0.2) is 4.39 Å². The predicted octanol–water partition coefficient (Wildman–Crippen LogP) is 8.37. The Morgan fingerprint density at radius 3 is 2.35 bits per heavy atom. The number of fused-ring (bicyclic) bond motifs is 1. The number of carbonyl (C=O) groups is 1. The van der Waals surface area contributed by atoms with E-state index in [0.717, 1.165) is 44.3 Å². The first-order valence-corrected chi connectivity index (χ1v) is 15.4. The van der Waals surface area contributed by atoms with Crippen LogP contribution in [0.5, 0.6) is 23.0 Å². The molecule has 12 heteroatoms. The van der Waals surface area contributed by atoms with E-state index in [0.29, 0.717) is 45.9 Å². The molecule has 1 saturated heterocycles. The topological polar surface area (TPSA) is 85.8 Å². The number of ether oxygens (including phenoxy) is 3. The summed E-state index contributed by atoms with van der Waals surface area (Å²) in [4.78, 5) is 23.9. The third-order valence-electron chi connectivity index (χ3n) is 8.01. The maximum atomic E-state index is 15.2. The maximum Gasteiger partial charge on any atom is 0.416 e. The standard InChI is InChI=1S/C36H32F4N4O4/c1-46-33-21-27-29(22-34(33)47-18-4-17-44-15-2-3-16-44)41-14-12-31(27)48-32-10-9-26(20-28(32)37)43-35(45)30-19-24(11-13-42-30)23-5-7-25(8-6-23)36(38,39)40/h5-14,19-22H,2-4,15-18H2,1H3,(H,43,45). The first-order valence-electron chi connectivity index (χ1n) is 15.4. The molecule has 6 rings (SSSR count). The van der Waals surface area contributed by atoms with E-state index in [-0.39, 0.29) is 17.1 Å². The summed E-state index contributed by atoms with van der Waals surface area (Å²) < 4.78 is 71.6. The van der Waals surface area contributed by atoms with Gasteiger partial charge in [0.2, 0.25) is 0 Å². The molecule has 5 aromatic rings. The largest absolute Gasteiger partial charge is 0.493 e. The van der Waals surface area contributed by atoms with Crippen LogP contribution in [-0.2, 0) is 6.18 Å². The number of alkyl halides is 3. The van der Waals surface area contributed by atoms with Crippen molar-refractivity contribution >= 4 is 22.5 Å². The molecule has 1 aliphatic rings. The Morgan fingerprint density at radius 2 is 1.62 bits per heavy atom. The molecule has 0 saturated carbocycles. The molecule has 2 aromatic heterocycles. The Morgan fingerprint density at radius 1 is 0.854 bits per heavy atom. The lowest BCUT2D eigenvalue weighted by atomic mass is 10.0. The van der Waals surface area contributed by atoms with Crippen LogP contribution in [0.3, 0.4) is 0 Å². The highest BCUT2D eigenvalue weighted by Gasteiger charge is 2.30. The summed E-state index contributed by atoms with van der Waals surface area (Å²) in [5.74, 6) is -0.0342. The number of nitrogens with one attached hydrogen (secondary N) is 1. The average Bonchev–Trinajstić information content (AvgIpc) is 3.61. The van der Waals surface area contributed by atoms with Crippen LogP contribution in [0.4, 0.5) is 23.2 Å². The summed E-state index contributed by atoms with van der Waals surface area (Å²) in [6.45, 7) is 3.78. The number of anilines is 1. The molecular weight excluding hydrogens is 628 g/mol. The van der Waals surface area contributed by atoms with E-state index in [9.17, 15) is 18.0 Å². The number of halogens is 4. The van der Waals surface area contributed by atoms with Gasteiger partial charge in [-0.05, 0) is 92.0 Å². The van der Waals surface area contributed by atoms with Crippen molar-refractivity contribution in [3.63, 3.8) is 0 Å². The Labute approximate surface area is 274 Å². The molecule has 1 aliphatic heterocycles. The van der Waals surface area contributed by atoms with Crippen molar-refractivity contribution in [2.24, 2.45) is 0 Å². The third kappa shape index (κ3) is 7.66. The van der Waals surface area contributed by atoms with Crippen LogP contribution in [0.1, 0.15) is 35.3 Å². The quantitative estimate of drug-likeness (QED) is 0.113. The SMILES string of the molecule is COc1cc2c(Oc3ccc(NC(=O)c4cc(-c5ccc(C(F)(F)F)cc5)ccn4)cc3F)ccnc2cc1OCCCN1CCCC1. The summed E-state index contributed by atoms with van der Waals surface area (Å²) >= 11 is 0. The molecule has 0 radical (unpaired) electrons. The van der Waals surface area contributed by atoms with E-state index < -0.39 is 23.5 Å². The lowest BCUT2D eigenvalue weighted by Gasteiger charge is -2.16. The van der Waals surface area contributed by atoms with Crippen LogP contribution < -0.4 is 19.5 Å². The second-order valence-electron chi connectivity index (χ2n) is 11.3. The van der Waals surface area contributed by atoms with Gasteiger partial charge in [-0.15, -0.1) is 0 Å². The minimum Gasteiger partial charge on any atom is -0.493 e. The Kier molecular flexibility index (Phi) is 9.72. The number of aromatic nitrogens is 2. The second-order valence-corrected chi connectivity index (χ2v) is 11.3. The lowest BCUT2D eigenvalue weighted by Crippen LogP contribution is -2.21.